The highest BCUT2D eigenvalue weighted by Crippen LogP contribution is 2.46. The monoisotopic (exact) mass is 514 g/mol. The number of aromatic hydroxyl groups is 2. The number of amides is 1. The molecule has 2 aromatic rings. The van der Waals surface area contributed by atoms with Crippen LogP contribution in [-0.4, -0.2) is 43.8 Å². The van der Waals surface area contributed by atoms with Gasteiger partial charge in [0.05, 0.1) is 18.3 Å². The van der Waals surface area contributed by atoms with Gasteiger partial charge in [-0.05, 0) is 55.0 Å². The summed E-state index contributed by atoms with van der Waals surface area (Å²) in [6.45, 7) is 0.737. The lowest BCUT2D eigenvalue weighted by Crippen LogP contribution is -2.35. The number of phenolic OH excluding ortho intramolecular Hbond substituents is 2. The third-order valence-electron chi connectivity index (χ3n) is 5.23. The van der Waals surface area contributed by atoms with Crippen LogP contribution in [0.15, 0.2) is 33.6 Å². The second-order valence-corrected chi connectivity index (χ2v) is 10.1. The summed E-state index contributed by atoms with van der Waals surface area (Å²) in [4.78, 5) is 12.3. The quantitative estimate of drug-likeness (QED) is 0.438. The molecule has 1 saturated carbocycles. The number of carbonyl (C=O) groups is 1. The minimum atomic E-state index is -4.35. The van der Waals surface area contributed by atoms with Crippen LogP contribution in [0.25, 0.3) is 0 Å². The Morgan fingerprint density at radius 1 is 1.19 bits per heavy atom. The summed E-state index contributed by atoms with van der Waals surface area (Å²) in [7, 11) is -4.35. The second-order valence-electron chi connectivity index (χ2n) is 7.58. The van der Waals surface area contributed by atoms with E-state index in [1.165, 1.54) is 24.3 Å². The minimum Gasteiger partial charge on any atom is -0.507 e. The second kappa shape index (κ2) is 8.29. The van der Waals surface area contributed by atoms with Crippen LogP contribution in [0.5, 0.6) is 11.5 Å². The van der Waals surface area contributed by atoms with E-state index in [0.29, 0.717) is 30.3 Å². The van der Waals surface area contributed by atoms with E-state index in [4.69, 9.17) is 4.74 Å². The SMILES string of the molecule is O=C(N[C@@H]1CCOC1)c1c(O)c(NS(=O)(=O)c2cc(Br)ccc2O)cc(C2CC2)c1F. The number of phenols is 2. The molecule has 1 aliphatic carbocycles. The van der Waals surface area contributed by atoms with Gasteiger partial charge >= 0.3 is 0 Å². The Kier molecular flexibility index (Phi) is 5.84. The van der Waals surface area contributed by atoms with Crippen LogP contribution in [0.2, 0.25) is 0 Å². The average molecular weight is 515 g/mol. The zero-order valence-corrected chi connectivity index (χ0v) is 18.6. The van der Waals surface area contributed by atoms with Crippen molar-refractivity contribution in [3.63, 3.8) is 0 Å². The van der Waals surface area contributed by atoms with Gasteiger partial charge in [-0.15, -0.1) is 0 Å². The first-order valence-electron chi connectivity index (χ1n) is 9.62. The number of hydrogen-bond acceptors (Lipinski definition) is 6. The van der Waals surface area contributed by atoms with Crippen LogP contribution in [0, 0.1) is 5.82 Å². The van der Waals surface area contributed by atoms with E-state index in [1.807, 2.05) is 0 Å². The molecule has 1 saturated heterocycles. The Bertz CT molecular complexity index is 1150. The Morgan fingerprint density at radius 2 is 1.94 bits per heavy atom. The molecular weight excluding hydrogens is 495 g/mol. The van der Waals surface area contributed by atoms with Crippen LogP contribution in [0.3, 0.4) is 0 Å². The third kappa shape index (κ3) is 4.48. The van der Waals surface area contributed by atoms with Crippen LogP contribution >= 0.6 is 15.9 Å². The third-order valence-corrected chi connectivity index (χ3v) is 7.12. The van der Waals surface area contributed by atoms with Gasteiger partial charge in [-0.3, -0.25) is 9.52 Å². The first-order chi connectivity index (χ1) is 14.7. The number of benzene rings is 2. The zero-order valence-electron chi connectivity index (χ0n) is 16.2. The van der Waals surface area contributed by atoms with Gasteiger partial charge in [-0.25, -0.2) is 12.8 Å². The van der Waals surface area contributed by atoms with Crippen molar-refractivity contribution in [1.82, 2.24) is 5.32 Å². The maximum atomic E-state index is 15.1. The predicted octanol–water partition coefficient (Wildman–Crippen LogP) is 3.20. The van der Waals surface area contributed by atoms with Crippen molar-refractivity contribution in [3.05, 3.63) is 45.7 Å². The number of hydrogen-bond donors (Lipinski definition) is 4. The standard InChI is InChI=1S/C20H20BrFN2O6S/c21-11-3-4-15(25)16(7-11)31(28,29)24-14-8-13(10-1-2-10)18(22)17(19(14)26)20(27)23-12-5-6-30-9-12/h3-4,7-8,10,12,24-26H,1-2,5-6,9H2,(H,23,27)/t12-/m1/s1. The number of nitrogens with one attached hydrogen (secondary N) is 2. The molecule has 4 N–H and O–H groups in total. The smallest absolute Gasteiger partial charge is 0.265 e. The van der Waals surface area contributed by atoms with E-state index in [1.54, 1.807) is 0 Å². The van der Waals surface area contributed by atoms with Gasteiger partial charge in [0.15, 0.2) is 5.75 Å². The molecule has 0 bridgehead atoms. The average Bonchev–Trinajstić information content (AvgIpc) is 3.42. The maximum Gasteiger partial charge on any atom is 0.265 e. The predicted molar refractivity (Wildman–Crippen MR) is 113 cm³/mol. The molecule has 0 unspecified atom stereocenters. The summed E-state index contributed by atoms with van der Waals surface area (Å²) in [6.07, 6.45) is 1.94. The Balaban J connectivity index is 1.74. The molecule has 2 aliphatic rings. The summed E-state index contributed by atoms with van der Waals surface area (Å²) in [5.74, 6) is -3.21. The largest absolute Gasteiger partial charge is 0.507 e. The van der Waals surface area contributed by atoms with Gasteiger partial charge < -0.3 is 20.3 Å². The van der Waals surface area contributed by atoms with E-state index in [2.05, 4.69) is 26.0 Å². The number of sulfonamides is 1. The molecule has 11 heteroatoms. The number of anilines is 1. The maximum absolute atomic E-state index is 15.1. The van der Waals surface area contributed by atoms with Crippen molar-refractivity contribution >= 4 is 37.5 Å². The van der Waals surface area contributed by atoms with Crippen LogP contribution in [-0.2, 0) is 14.8 Å². The Morgan fingerprint density at radius 3 is 2.58 bits per heavy atom. The molecule has 2 aromatic carbocycles. The highest BCUT2D eigenvalue weighted by molar-refractivity contribution is 9.10. The summed E-state index contributed by atoms with van der Waals surface area (Å²) < 4.78 is 48.6. The minimum absolute atomic E-state index is 0.154. The first kappa shape index (κ1) is 21.8. The van der Waals surface area contributed by atoms with E-state index in [0.717, 1.165) is 0 Å². The van der Waals surface area contributed by atoms with Gasteiger partial charge in [0.1, 0.15) is 22.0 Å². The Hall–Kier alpha value is -2.37. The Labute approximate surface area is 186 Å². The highest BCUT2D eigenvalue weighted by atomic mass is 79.9. The molecular formula is C20H20BrFN2O6S. The molecule has 166 valence electrons. The highest BCUT2D eigenvalue weighted by Gasteiger charge is 2.34. The summed E-state index contributed by atoms with van der Waals surface area (Å²) in [6, 6.07) is 4.72. The number of carbonyl (C=O) groups excluding carboxylic acids is 1. The van der Waals surface area contributed by atoms with Crippen molar-refractivity contribution < 1.29 is 32.6 Å². The van der Waals surface area contributed by atoms with Crippen molar-refractivity contribution in [3.8, 4) is 11.5 Å². The van der Waals surface area contributed by atoms with Gasteiger partial charge in [0.2, 0.25) is 0 Å². The van der Waals surface area contributed by atoms with Crippen LogP contribution in [0.1, 0.15) is 41.1 Å². The molecule has 31 heavy (non-hydrogen) atoms. The van der Waals surface area contributed by atoms with E-state index in [-0.39, 0.29) is 29.8 Å². The topological polar surface area (TPSA) is 125 Å². The van der Waals surface area contributed by atoms with Gasteiger partial charge in [-0.1, -0.05) is 15.9 Å². The lowest BCUT2D eigenvalue weighted by molar-refractivity contribution is 0.0922. The molecule has 1 amide bonds. The van der Waals surface area contributed by atoms with Crippen molar-refractivity contribution in [2.24, 2.45) is 0 Å². The molecule has 0 radical (unpaired) electrons. The van der Waals surface area contributed by atoms with Gasteiger partial charge in [-0.2, -0.15) is 0 Å². The van der Waals surface area contributed by atoms with Crippen LogP contribution < -0.4 is 10.0 Å². The first-order valence-corrected chi connectivity index (χ1v) is 11.9. The molecule has 1 heterocycles. The zero-order chi connectivity index (χ0) is 22.3. The lowest BCUT2D eigenvalue weighted by atomic mass is 10.0. The van der Waals surface area contributed by atoms with Crippen molar-refractivity contribution in [1.29, 1.82) is 0 Å². The van der Waals surface area contributed by atoms with E-state index in [9.17, 15) is 23.4 Å². The van der Waals surface area contributed by atoms with Crippen molar-refractivity contribution in [2.45, 2.75) is 36.1 Å². The number of ether oxygens (including phenoxy) is 1. The fourth-order valence-corrected chi connectivity index (χ4v) is 5.15. The van der Waals surface area contributed by atoms with Gasteiger partial charge in [0, 0.05) is 11.1 Å². The van der Waals surface area contributed by atoms with Crippen LogP contribution in [0.4, 0.5) is 10.1 Å². The molecule has 0 spiro atoms. The van der Waals surface area contributed by atoms with E-state index < -0.39 is 43.7 Å². The fourth-order valence-electron chi connectivity index (χ4n) is 3.46. The molecule has 2 fully saturated rings. The van der Waals surface area contributed by atoms with E-state index >= 15 is 4.39 Å². The number of rotatable bonds is 6. The van der Waals surface area contributed by atoms with Crippen molar-refractivity contribution in [2.75, 3.05) is 17.9 Å². The number of halogens is 2. The van der Waals surface area contributed by atoms with Gasteiger partial charge in [0.25, 0.3) is 15.9 Å². The summed E-state index contributed by atoms with van der Waals surface area (Å²) in [5.41, 5.74) is -0.801. The molecule has 0 aromatic heterocycles. The molecule has 8 nitrogen and oxygen atoms in total. The lowest BCUT2D eigenvalue weighted by Gasteiger charge is -2.18. The fraction of sp³-hybridized carbons (Fsp3) is 0.350. The summed E-state index contributed by atoms with van der Waals surface area (Å²) >= 11 is 3.14. The molecule has 1 atom stereocenters. The molecule has 1 aliphatic heterocycles. The summed E-state index contributed by atoms with van der Waals surface area (Å²) in [5, 5.41) is 23.2. The molecule has 4 rings (SSSR count). The normalized spacial score (nSPS) is 18.7.